The van der Waals surface area contributed by atoms with Crippen LogP contribution < -0.4 is 10.1 Å². The molecule has 0 bridgehead atoms. The molecule has 2 N–H and O–H groups in total. The molecule has 0 aliphatic rings. The van der Waals surface area contributed by atoms with Crippen LogP contribution in [0.2, 0.25) is 0 Å². The van der Waals surface area contributed by atoms with Crippen LogP contribution in [0.3, 0.4) is 0 Å². The summed E-state index contributed by atoms with van der Waals surface area (Å²) >= 11 is 1.27. The fourth-order valence-electron chi connectivity index (χ4n) is 2.61. The van der Waals surface area contributed by atoms with Crippen LogP contribution in [-0.4, -0.2) is 45.3 Å². The summed E-state index contributed by atoms with van der Waals surface area (Å²) in [5.74, 6) is -0.620. The number of anilines is 1. The summed E-state index contributed by atoms with van der Waals surface area (Å²) in [4.78, 5) is 16.7. The maximum Gasteiger partial charge on any atom is 0.415 e. The summed E-state index contributed by atoms with van der Waals surface area (Å²) in [6.45, 7) is 0. The van der Waals surface area contributed by atoms with Gasteiger partial charge in [0.2, 0.25) is 5.91 Å². The Hall–Kier alpha value is -3.02. The van der Waals surface area contributed by atoms with E-state index in [2.05, 4.69) is 10.3 Å². The summed E-state index contributed by atoms with van der Waals surface area (Å²) in [6.07, 6.45) is -4.69. The van der Waals surface area contributed by atoms with Gasteiger partial charge >= 0.3 is 6.18 Å². The van der Waals surface area contributed by atoms with Crippen LogP contribution in [0.25, 0.3) is 17.3 Å². The van der Waals surface area contributed by atoms with Crippen LogP contribution in [0.1, 0.15) is 5.56 Å². The summed E-state index contributed by atoms with van der Waals surface area (Å²) in [5, 5.41) is 13.9. The Kier molecular flexibility index (Phi) is 8.01. The monoisotopic (exact) mass is 496 g/mol. The quantitative estimate of drug-likeness (QED) is 0.449. The first-order chi connectivity index (χ1) is 15.7. The van der Waals surface area contributed by atoms with Crippen molar-refractivity contribution in [2.75, 3.05) is 18.2 Å². The molecule has 2 aromatic carbocycles. The largest absolute Gasteiger partial charge is 0.497 e. The smallest absolute Gasteiger partial charge is 0.415 e. The predicted molar refractivity (Wildman–Crippen MR) is 122 cm³/mol. The van der Waals surface area contributed by atoms with Crippen molar-refractivity contribution in [3.05, 3.63) is 65.6 Å². The van der Waals surface area contributed by atoms with E-state index in [0.29, 0.717) is 16.4 Å². The topological polar surface area (TPSA) is 88.5 Å². The molecule has 3 aromatic rings. The number of halogens is 3. The van der Waals surface area contributed by atoms with E-state index in [1.165, 1.54) is 47.8 Å². The number of hydrogen-bond donors (Lipinski definition) is 2. The lowest BCUT2D eigenvalue weighted by Gasteiger charge is -2.13. The third-order valence-electron chi connectivity index (χ3n) is 4.38. The number of methoxy groups -OCH3 is 1. The second-order valence-electron chi connectivity index (χ2n) is 6.73. The highest BCUT2D eigenvalue weighted by atomic mass is 32.2. The zero-order valence-corrected chi connectivity index (χ0v) is 18.8. The van der Waals surface area contributed by atoms with Gasteiger partial charge in [-0.25, -0.2) is 4.98 Å². The van der Waals surface area contributed by atoms with Crippen molar-refractivity contribution in [2.45, 2.75) is 17.2 Å². The third-order valence-corrected chi connectivity index (χ3v) is 6.55. The molecule has 0 spiro atoms. The number of aromatic nitrogens is 1. The first-order valence-corrected chi connectivity index (χ1v) is 11.7. The number of benzene rings is 2. The molecular formula is C22H19F3N2O4S2. The van der Waals surface area contributed by atoms with Gasteiger partial charge in [0.1, 0.15) is 5.75 Å². The number of carbonyl (C=O) groups is 1. The van der Waals surface area contributed by atoms with Crippen molar-refractivity contribution in [1.82, 2.24) is 4.98 Å². The van der Waals surface area contributed by atoms with Crippen molar-refractivity contribution in [3.63, 3.8) is 0 Å². The Bertz CT molecular complexity index is 1140. The number of alkyl halides is 3. The van der Waals surface area contributed by atoms with Crippen molar-refractivity contribution in [2.24, 2.45) is 0 Å². The van der Waals surface area contributed by atoms with Crippen LogP contribution in [0, 0.1) is 0 Å². The first-order valence-electron chi connectivity index (χ1n) is 9.48. The predicted octanol–water partition coefficient (Wildman–Crippen LogP) is 4.50. The van der Waals surface area contributed by atoms with Gasteiger partial charge in [0.05, 0.1) is 29.4 Å². The van der Waals surface area contributed by atoms with E-state index in [0.717, 1.165) is 11.3 Å². The number of amides is 1. The number of rotatable bonds is 8. The molecule has 0 saturated heterocycles. The number of nitrogens with zero attached hydrogens (tertiary/aromatic N) is 1. The molecule has 0 radical (unpaired) electrons. The number of ether oxygens (including phenoxy) is 1. The van der Waals surface area contributed by atoms with Gasteiger partial charge in [0.25, 0.3) is 0 Å². The Balaban J connectivity index is 1.56. The number of aliphatic hydroxyl groups is 1. The summed E-state index contributed by atoms with van der Waals surface area (Å²) in [7, 11) is -0.429. The standard InChI is InChI=1S/C22H19F3N2O4S2/c1-31-16-7-5-15(6-8-16)18-12-32-21(26-18)27-20(29)11-4-14-2-9-17(10-3-14)33(30)13-19(28)22(23,24)25/h2-12,19,28H,13H2,1H3,(H,26,27,29)/b11-4+. The van der Waals surface area contributed by atoms with Crippen LogP contribution in [0.5, 0.6) is 5.75 Å². The van der Waals surface area contributed by atoms with Crippen LogP contribution in [0.4, 0.5) is 18.3 Å². The number of thiazole rings is 1. The van der Waals surface area contributed by atoms with E-state index in [1.807, 2.05) is 29.6 Å². The maximum absolute atomic E-state index is 12.4. The molecule has 11 heteroatoms. The molecule has 174 valence electrons. The zero-order valence-electron chi connectivity index (χ0n) is 17.2. The van der Waals surface area contributed by atoms with E-state index in [-0.39, 0.29) is 4.90 Å². The molecule has 0 saturated carbocycles. The number of nitrogens with one attached hydrogen (secondary N) is 1. The molecule has 3 rings (SSSR count). The van der Waals surface area contributed by atoms with E-state index < -0.39 is 34.7 Å². The van der Waals surface area contributed by atoms with Gasteiger partial charge in [0.15, 0.2) is 11.2 Å². The number of carbonyl (C=O) groups excluding carboxylic acids is 1. The molecule has 1 heterocycles. The normalized spacial score (nSPS) is 13.6. The Morgan fingerprint density at radius 1 is 1.21 bits per heavy atom. The van der Waals surface area contributed by atoms with Gasteiger partial charge in [-0.2, -0.15) is 13.2 Å². The van der Waals surface area contributed by atoms with Gasteiger partial charge < -0.3 is 9.84 Å². The lowest BCUT2D eigenvalue weighted by atomic mass is 10.2. The van der Waals surface area contributed by atoms with Gasteiger partial charge in [0, 0.05) is 21.9 Å². The van der Waals surface area contributed by atoms with E-state index in [1.54, 1.807) is 7.11 Å². The lowest BCUT2D eigenvalue weighted by molar-refractivity contribution is -0.196. The lowest BCUT2D eigenvalue weighted by Crippen LogP contribution is -2.33. The highest BCUT2D eigenvalue weighted by molar-refractivity contribution is 7.85. The highest BCUT2D eigenvalue weighted by Crippen LogP contribution is 2.26. The van der Waals surface area contributed by atoms with E-state index in [9.17, 15) is 22.2 Å². The van der Waals surface area contributed by atoms with Gasteiger partial charge in [-0.15, -0.1) is 11.3 Å². The molecule has 0 aliphatic carbocycles. The second-order valence-corrected chi connectivity index (χ2v) is 9.08. The minimum absolute atomic E-state index is 0.147. The molecule has 0 aliphatic heterocycles. The van der Waals surface area contributed by atoms with Crippen molar-refractivity contribution < 1.29 is 32.0 Å². The SMILES string of the molecule is COc1ccc(-c2csc(NC(=O)/C=C/c3ccc(S(=O)CC(O)C(F)(F)F)cc3)n2)cc1. The van der Waals surface area contributed by atoms with Gasteiger partial charge in [-0.3, -0.25) is 14.3 Å². The number of aliphatic hydroxyl groups excluding tert-OH is 1. The maximum atomic E-state index is 12.4. The number of hydrogen-bond acceptors (Lipinski definition) is 6. The zero-order chi connectivity index (χ0) is 24.0. The first kappa shape index (κ1) is 24.6. The van der Waals surface area contributed by atoms with E-state index >= 15 is 0 Å². The molecule has 2 unspecified atom stereocenters. The third kappa shape index (κ3) is 6.98. The Morgan fingerprint density at radius 3 is 2.48 bits per heavy atom. The Morgan fingerprint density at radius 2 is 1.88 bits per heavy atom. The molecular weight excluding hydrogens is 477 g/mol. The second kappa shape index (κ2) is 10.7. The molecule has 2 atom stereocenters. The fourth-order valence-corrected chi connectivity index (χ4v) is 4.44. The van der Waals surface area contributed by atoms with Crippen molar-refractivity contribution in [3.8, 4) is 17.0 Å². The molecule has 0 fully saturated rings. The molecule has 1 amide bonds. The average Bonchev–Trinajstić information content (AvgIpc) is 3.25. The van der Waals surface area contributed by atoms with Crippen LogP contribution in [0.15, 0.2) is 64.9 Å². The minimum atomic E-state index is -4.82. The van der Waals surface area contributed by atoms with E-state index in [4.69, 9.17) is 9.84 Å². The van der Waals surface area contributed by atoms with Gasteiger partial charge in [-0.05, 0) is 48.0 Å². The van der Waals surface area contributed by atoms with Crippen molar-refractivity contribution >= 4 is 39.3 Å². The minimum Gasteiger partial charge on any atom is -0.497 e. The average molecular weight is 497 g/mol. The molecule has 6 nitrogen and oxygen atoms in total. The van der Waals surface area contributed by atoms with Crippen molar-refractivity contribution in [1.29, 1.82) is 0 Å². The highest BCUT2D eigenvalue weighted by Gasteiger charge is 2.39. The summed E-state index contributed by atoms with van der Waals surface area (Å²) in [5.41, 5.74) is 2.17. The van der Waals surface area contributed by atoms with Gasteiger partial charge in [-0.1, -0.05) is 12.1 Å². The summed E-state index contributed by atoms with van der Waals surface area (Å²) < 4.78 is 54.3. The van der Waals surface area contributed by atoms with Crippen LogP contribution >= 0.6 is 11.3 Å². The summed E-state index contributed by atoms with van der Waals surface area (Å²) in [6, 6.07) is 13.2. The fraction of sp³-hybridized carbons (Fsp3) is 0.182. The molecule has 33 heavy (non-hydrogen) atoms. The molecule has 1 aromatic heterocycles. The van der Waals surface area contributed by atoms with Crippen LogP contribution in [-0.2, 0) is 15.6 Å². The Labute approximate surface area is 194 Å².